The van der Waals surface area contributed by atoms with Gasteiger partial charge in [-0.05, 0) is 64.9 Å². The second-order valence-corrected chi connectivity index (χ2v) is 6.75. The molecule has 1 N–H and O–H groups in total. The molecule has 0 saturated carbocycles. The molecule has 0 heterocycles. The Labute approximate surface area is 143 Å². The van der Waals surface area contributed by atoms with Crippen LogP contribution in [0.1, 0.15) is 31.4 Å². The predicted molar refractivity (Wildman–Crippen MR) is 96.9 cm³/mol. The zero-order chi connectivity index (χ0) is 14.5. The summed E-state index contributed by atoms with van der Waals surface area (Å²) in [5.41, 5.74) is 2.20. The molecule has 106 valence electrons. The van der Waals surface area contributed by atoms with Gasteiger partial charge in [-0.15, -0.1) is 0 Å². The summed E-state index contributed by atoms with van der Waals surface area (Å²) in [7, 11) is 0. The first kappa shape index (κ1) is 15.9. The summed E-state index contributed by atoms with van der Waals surface area (Å²) in [6.07, 6.45) is 2.15. The lowest BCUT2D eigenvalue weighted by molar-refractivity contribution is 0.677. The van der Waals surface area contributed by atoms with E-state index in [0.29, 0.717) is 0 Å². The second kappa shape index (κ2) is 7.53. The van der Waals surface area contributed by atoms with Crippen molar-refractivity contribution in [1.29, 1.82) is 0 Å². The third-order valence-corrected chi connectivity index (χ3v) is 4.35. The van der Waals surface area contributed by atoms with Crippen LogP contribution in [0.25, 0.3) is 0 Å². The molecule has 0 aromatic heterocycles. The maximum atomic E-state index is 6.30. The van der Waals surface area contributed by atoms with Crippen LogP contribution in [0.2, 0.25) is 10.0 Å². The third kappa shape index (κ3) is 4.27. The minimum absolute atomic E-state index is 0.245. The summed E-state index contributed by atoms with van der Waals surface area (Å²) in [6, 6.07) is 14.3. The van der Waals surface area contributed by atoms with Gasteiger partial charge in [0.2, 0.25) is 0 Å². The van der Waals surface area contributed by atoms with Gasteiger partial charge in [0.1, 0.15) is 0 Å². The number of nitrogens with one attached hydrogen (secondary N) is 1. The number of hydrogen-bond acceptors (Lipinski definition) is 1. The van der Waals surface area contributed by atoms with Gasteiger partial charge in [0.25, 0.3) is 0 Å². The van der Waals surface area contributed by atoms with E-state index in [1.54, 1.807) is 0 Å². The van der Waals surface area contributed by atoms with Crippen molar-refractivity contribution in [2.75, 3.05) is 5.32 Å². The first-order valence-electron chi connectivity index (χ1n) is 6.57. The average Bonchev–Trinajstić information content (AvgIpc) is 2.42. The van der Waals surface area contributed by atoms with E-state index < -0.39 is 0 Å². The minimum Gasteiger partial charge on any atom is -0.377 e. The smallest absolute Gasteiger partial charge is 0.0648 e. The highest BCUT2D eigenvalue weighted by molar-refractivity contribution is 14.1. The van der Waals surface area contributed by atoms with Crippen LogP contribution >= 0.6 is 45.8 Å². The Morgan fingerprint density at radius 2 is 1.80 bits per heavy atom. The summed E-state index contributed by atoms with van der Waals surface area (Å²) in [6.45, 7) is 2.18. The SMILES string of the molecule is CCCC(Nc1ccc(I)cc1Cl)c1ccc(Cl)cc1. The summed E-state index contributed by atoms with van der Waals surface area (Å²) in [5.74, 6) is 0. The fraction of sp³-hybridized carbons (Fsp3) is 0.250. The fourth-order valence-corrected chi connectivity index (χ4v) is 3.14. The molecule has 4 heteroatoms. The monoisotopic (exact) mass is 419 g/mol. The van der Waals surface area contributed by atoms with E-state index >= 15 is 0 Å². The largest absolute Gasteiger partial charge is 0.377 e. The molecule has 0 saturated heterocycles. The molecule has 2 rings (SSSR count). The normalized spacial score (nSPS) is 12.2. The number of halogens is 3. The van der Waals surface area contributed by atoms with Crippen molar-refractivity contribution in [3.63, 3.8) is 0 Å². The molecule has 1 unspecified atom stereocenters. The second-order valence-electron chi connectivity index (χ2n) is 4.66. The van der Waals surface area contributed by atoms with E-state index in [-0.39, 0.29) is 6.04 Å². The van der Waals surface area contributed by atoms with E-state index in [1.165, 1.54) is 5.56 Å². The highest BCUT2D eigenvalue weighted by Crippen LogP contribution is 2.30. The van der Waals surface area contributed by atoms with Crippen LogP contribution in [0.4, 0.5) is 5.69 Å². The van der Waals surface area contributed by atoms with Crippen molar-refractivity contribution in [2.24, 2.45) is 0 Å². The highest BCUT2D eigenvalue weighted by Gasteiger charge is 2.12. The van der Waals surface area contributed by atoms with Gasteiger partial charge >= 0.3 is 0 Å². The first-order chi connectivity index (χ1) is 9.60. The molecule has 0 spiro atoms. The lowest BCUT2D eigenvalue weighted by atomic mass is 10.0. The van der Waals surface area contributed by atoms with Crippen molar-refractivity contribution in [2.45, 2.75) is 25.8 Å². The van der Waals surface area contributed by atoms with Crippen molar-refractivity contribution in [3.8, 4) is 0 Å². The number of hydrogen-bond donors (Lipinski definition) is 1. The van der Waals surface area contributed by atoms with Crippen LogP contribution in [0.5, 0.6) is 0 Å². The molecule has 0 aliphatic heterocycles. The van der Waals surface area contributed by atoms with Crippen LogP contribution < -0.4 is 5.32 Å². The standard InChI is InChI=1S/C16H16Cl2IN/c1-2-3-15(11-4-6-12(17)7-5-11)20-16-9-8-13(19)10-14(16)18/h4-10,15,20H,2-3H2,1H3. The molecule has 0 bridgehead atoms. The van der Waals surface area contributed by atoms with Gasteiger partial charge in [-0.3, -0.25) is 0 Å². The van der Waals surface area contributed by atoms with Crippen molar-refractivity contribution in [1.82, 2.24) is 0 Å². The summed E-state index contributed by atoms with van der Waals surface area (Å²) < 4.78 is 1.14. The predicted octanol–water partition coefficient (Wildman–Crippen LogP) is 6.55. The Kier molecular flexibility index (Phi) is 6.00. The summed E-state index contributed by atoms with van der Waals surface area (Å²) in [4.78, 5) is 0. The van der Waals surface area contributed by atoms with E-state index in [9.17, 15) is 0 Å². The molecule has 0 aliphatic carbocycles. The maximum absolute atomic E-state index is 6.30. The van der Waals surface area contributed by atoms with Gasteiger partial charge in [0.15, 0.2) is 0 Å². The summed E-state index contributed by atoms with van der Waals surface area (Å²) in [5, 5.41) is 5.05. The molecule has 0 fully saturated rings. The third-order valence-electron chi connectivity index (χ3n) is 3.11. The molecule has 20 heavy (non-hydrogen) atoms. The van der Waals surface area contributed by atoms with Crippen molar-refractivity contribution >= 4 is 51.5 Å². The molecule has 1 nitrogen and oxygen atoms in total. The molecule has 2 aromatic carbocycles. The van der Waals surface area contributed by atoms with Gasteiger partial charge in [-0.1, -0.05) is 48.7 Å². The van der Waals surface area contributed by atoms with Gasteiger partial charge in [0, 0.05) is 8.59 Å². The maximum Gasteiger partial charge on any atom is 0.0648 e. The average molecular weight is 420 g/mol. The summed E-state index contributed by atoms with van der Waals surface area (Å²) >= 11 is 14.5. The molecular weight excluding hydrogens is 404 g/mol. The Morgan fingerprint density at radius 1 is 1.10 bits per heavy atom. The van der Waals surface area contributed by atoms with Crippen LogP contribution in [0.15, 0.2) is 42.5 Å². The van der Waals surface area contributed by atoms with Gasteiger partial charge in [-0.25, -0.2) is 0 Å². The Balaban J connectivity index is 2.22. The quantitative estimate of drug-likeness (QED) is 0.541. The van der Waals surface area contributed by atoms with Gasteiger partial charge in [0.05, 0.1) is 16.8 Å². The fourth-order valence-electron chi connectivity index (χ4n) is 2.10. The topological polar surface area (TPSA) is 12.0 Å². The molecule has 1 atom stereocenters. The Morgan fingerprint density at radius 3 is 2.40 bits per heavy atom. The van der Waals surface area contributed by atoms with Crippen LogP contribution in [-0.4, -0.2) is 0 Å². The number of rotatable bonds is 5. The molecule has 0 aliphatic rings. The van der Waals surface area contributed by atoms with Crippen LogP contribution in [-0.2, 0) is 0 Å². The number of benzene rings is 2. The zero-order valence-corrected chi connectivity index (χ0v) is 14.8. The highest BCUT2D eigenvalue weighted by atomic mass is 127. The van der Waals surface area contributed by atoms with Crippen molar-refractivity contribution < 1.29 is 0 Å². The molecular formula is C16H16Cl2IN. The first-order valence-corrected chi connectivity index (χ1v) is 8.40. The lowest BCUT2D eigenvalue weighted by Gasteiger charge is -2.21. The van der Waals surface area contributed by atoms with E-state index in [2.05, 4.69) is 53.0 Å². The lowest BCUT2D eigenvalue weighted by Crippen LogP contribution is -2.10. The van der Waals surface area contributed by atoms with Crippen LogP contribution in [0, 0.1) is 3.57 Å². The molecule has 2 aromatic rings. The van der Waals surface area contributed by atoms with E-state index in [4.69, 9.17) is 23.2 Å². The van der Waals surface area contributed by atoms with E-state index in [0.717, 1.165) is 32.1 Å². The van der Waals surface area contributed by atoms with E-state index in [1.807, 2.05) is 24.3 Å². The Bertz CT molecular complexity index is 569. The Hall–Kier alpha value is -0.450. The minimum atomic E-state index is 0.245. The van der Waals surface area contributed by atoms with Crippen molar-refractivity contribution in [3.05, 3.63) is 61.6 Å². The molecule has 0 amide bonds. The van der Waals surface area contributed by atoms with Gasteiger partial charge < -0.3 is 5.32 Å². The zero-order valence-electron chi connectivity index (χ0n) is 11.2. The molecule has 0 radical (unpaired) electrons. The van der Waals surface area contributed by atoms with Gasteiger partial charge in [-0.2, -0.15) is 0 Å². The van der Waals surface area contributed by atoms with Crippen LogP contribution in [0.3, 0.4) is 0 Å². The number of anilines is 1.